The van der Waals surface area contributed by atoms with E-state index in [1.54, 1.807) is 0 Å². The van der Waals surface area contributed by atoms with Gasteiger partial charge in [-0.05, 0) is 25.3 Å². The van der Waals surface area contributed by atoms with Crippen LogP contribution < -0.4 is 4.90 Å². The summed E-state index contributed by atoms with van der Waals surface area (Å²) >= 11 is 0. The van der Waals surface area contributed by atoms with Crippen LogP contribution >= 0.6 is 0 Å². The van der Waals surface area contributed by atoms with E-state index in [4.69, 9.17) is 0 Å². The number of anilines is 1. The minimum Gasteiger partial charge on any atom is -0.388 e. The topological polar surface area (TPSA) is 43.8 Å². The van der Waals surface area contributed by atoms with Crippen molar-refractivity contribution in [3.63, 3.8) is 0 Å². The molecule has 19 heavy (non-hydrogen) atoms. The van der Waals surface area contributed by atoms with Crippen LogP contribution in [0.4, 0.5) is 5.69 Å². The van der Waals surface area contributed by atoms with Crippen molar-refractivity contribution in [2.24, 2.45) is 0 Å². The lowest BCUT2D eigenvalue weighted by molar-refractivity contribution is -0.128. The fourth-order valence-corrected chi connectivity index (χ4v) is 2.72. The number of hydrogen-bond donors (Lipinski definition) is 1. The lowest BCUT2D eigenvalue weighted by atomic mass is 9.99. The number of rotatable bonds is 3. The average molecular weight is 260 g/mol. The minimum atomic E-state index is -0.399. The summed E-state index contributed by atoms with van der Waals surface area (Å²) in [5.74, 6) is 0.175. The van der Waals surface area contributed by atoms with E-state index < -0.39 is 6.10 Å². The normalized spacial score (nSPS) is 22.0. The van der Waals surface area contributed by atoms with Crippen LogP contribution in [-0.2, 0) is 4.79 Å². The molecule has 0 radical (unpaired) electrons. The maximum Gasteiger partial charge on any atom is 0.242 e. The lowest BCUT2D eigenvalue weighted by Crippen LogP contribution is -2.42. The molecule has 3 rings (SSSR count). The number of para-hydroxylation sites is 1. The van der Waals surface area contributed by atoms with Crippen molar-refractivity contribution in [2.45, 2.75) is 31.4 Å². The molecule has 1 aliphatic carbocycles. The molecular weight excluding hydrogens is 240 g/mol. The quantitative estimate of drug-likeness (QED) is 0.896. The van der Waals surface area contributed by atoms with E-state index in [0.717, 1.165) is 30.6 Å². The smallest absolute Gasteiger partial charge is 0.242 e. The third-order valence-corrected chi connectivity index (χ3v) is 4.12. The molecule has 4 nitrogen and oxygen atoms in total. The van der Waals surface area contributed by atoms with E-state index in [2.05, 4.69) is 4.90 Å². The zero-order valence-corrected chi connectivity index (χ0v) is 11.2. The molecule has 1 N–H and O–H groups in total. The van der Waals surface area contributed by atoms with Gasteiger partial charge in [0.25, 0.3) is 0 Å². The molecule has 0 bridgehead atoms. The van der Waals surface area contributed by atoms with Gasteiger partial charge in [0.2, 0.25) is 5.91 Å². The molecule has 0 saturated heterocycles. The summed E-state index contributed by atoms with van der Waals surface area (Å²) in [4.78, 5) is 16.2. The first-order chi connectivity index (χ1) is 9.16. The van der Waals surface area contributed by atoms with Crippen LogP contribution in [0.3, 0.4) is 0 Å². The molecular formula is C15H20N2O2. The Balaban J connectivity index is 1.75. The lowest BCUT2D eigenvalue weighted by Gasteiger charge is -2.34. The predicted octanol–water partition coefficient (Wildman–Crippen LogP) is 1.55. The summed E-state index contributed by atoms with van der Waals surface area (Å²) in [5, 5.41) is 10.00. The van der Waals surface area contributed by atoms with Crippen molar-refractivity contribution in [3.8, 4) is 0 Å². The molecule has 1 aliphatic heterocycles. The maximum atomic E-state index is 12.2. The van der Waals surface area contributed by atoms with E-state index >= 15 is 0 Å². The zero-order chi connectivity index (χ0) is 13.4. The second-order valence-corrected chi connectivity index (χ2v) is 5.52. The highest BCUT2D eigenvalue weighted by Crippen LogP contribution is 2.33. The van der Waals surface area contributed by atoms with E-state index in [0.29, 0.717) is 19.0 Å². The van der Waals surface area contributed by atoms with Crippen molar-refractivity contribution in [2.75, 3.05) is 25.0 Å². The standard InChI is InChI=1S/C15H20N2O2/c1-16(11-6-7-11)15(19)10-17-9-8-14(18)12-4-2-3-5-13(12)17/h2-5,11,14,18H,6-10H2,1H3. The van der Waals surface area contributed by atoms with Gasteiger partial charge in [-0.3, -0.25) is 4.79 Å². The number of hydrogen-bond acceptors (Lipinski definition) is 3. The second-order valence-electron chi connectivity index (χ2n) is 5.52. The van der Waals surface area contributed by atoms with Gasteiger partial charge < -0.3 is 14.9 Å². The van der Waals surface area contributed by atoms with E-state index in [9.17, 15) is 9.90 Å². The zero-order valence-electron chi connectivity index (χ0n) is 11.2. The molecule has 4 heteroatoms. The number of fused-ring (bicyclic) bond motifs is 1. The molecule has 1 fully saturated rings. The van der Waals surface area contributed by atoms with Crippen LogP contribution in [0.5, 0.6) is 0 Å². The molecule has 1 aromatic rings. The Labute approximate surface area is 113 Å². The molecule has 1 saturated carbocycles. The molecule has 102 valence electrons. The largest absolute Gasteiger partial charge is 0.388 e. The molecule has 1 atom stereocenters. The average Bonchev–Trinajstić information content (AvgIpc) is 3.26. The van der Waals surface area contributed by atoms with Gasteiger partial charge in [0.1, 0.15) is 0 Å². The predicted molar refractivity (Wildman–Crippen MR) is 74.0 cm³/mol. The van der Waals surface area contributed by atoms with Gasteiger partial charge >= 0.3 is 0 Å². The third-order valence-electron chi connectivity index (χ3n) is 4.12. The molecule has 0 spiro atoms. The molecule has 0 aromatic heterocycles. The fraction of sp³-hybridized carbons (Fsp3) is 0.533. The third kappa shape index (κ3) is 2.45. The summed E-state index contributed by atoms with van der Waals surface area (Å²) in [6.45, 7) is 1.15. The first-order valence-electron chi connectivity index (χ1n) is 6.94. The van der Waals surface area contributed by atoms with Gasteiger partial charge in [0.15, 0.2) is 0 Å². The van der Waals surface area contributed by atoms with Gasteiger partial charge in [-0.15, -0.1) is 0 Å². The Morgan fingerprint density at radius 2 is 2.11 bits per heavy atom. The Bertz CT molecular complexity index is 485. The first-order valence-corrected chi connectivity index (χ1v) is 6.94. The van der Waals surface area contributed by atoms with Crippen LogP contribution in [-0.4, -0.2) is 42.1 Å². The summed E-state index contributed by atoms with van der Waals surface area (Å²) < 4.78 is 0. The van der Waals surface area contributed by atoms with Gasteiger partial charge in [-0.25, -0.2) is 0 Å². The number of likely N-dealkylation sites (N-methyl/N-ethyl adjacent to an activating group) is 1. The second kappa shape index (κ2) is 4.85. The number of benzene rings is 1. The van der Waals surface area contributed by atoms with Gasteiger partial charge in [0, 0.05) is 30.9 Å². The van der Waals surface area contributed by atoms with Crippen LogP contribution in [0, 0.1) is 0 Å². The van der Waals surface area contributed by atoms with Crippen LogP contribution in [0.15, 0.2) is 24.3 Å². The van der Waals surface area contributed by atoms with Crippen LogP contribution in [0.2, 0.25) is 0 Å². The van der Waals surface area contributed by atoms with Crippen molar-refractivity contribution in [3.05, 3.63) is 29.8 Å². The Morgan fingerprint density at radius 1 is 1.37 bits per heavy atom. The van der Waals surface area contributed by atoms with Crippen LogP contribution in [0.1, 0.15) is 30.9 Å². The highest BCUT2D eigenvalue weighted by Gasteiger charge is 2.31. The summed E-state index contributed by atoms with van der Waals surface area (Å²) in [5.41, 5.74) is 1.94. The summed E-state index contributed by atoms with van der Waals surface area (Å²) in [6, 6.07) is 8.28. The van der Waals surface area contributed by atoms with E-state index in [1.807, 2.05) is 36.2 Å². The summed E-state index contributed by atoms with van der Waals surface area (Å²) in [6.07, 6.45) is 2.57. The van der Waals surface area contributed by atoms with E-state index in [1.165, 1.54) is 0 Å². The molecule has 1 aromatic carbocycles. The number of nitrogens with zero attached hydrogens (tertiary/aromatic N) is 2. The SMILES string of the molecule is CN(C(=O)CN1CCC(O)c2ccccc21)C1CC1. The molecule has 1 amide bonds. The number of carbonyl (C=O) groups excluding carboxylic acids is 1. The van der Waals surface area contributed by atoms with Crippen molar-refractivity contribution < 1.29 is 9.90 Å². The van der Waals surface area contributed by atoms with Gasteiger partial charge in [-0.2, -0.15) is 0 Å². The Kier molecular flexibility index (Phi) is 3.19. The molecule has 1 unspecified atom stereocenters. The van der Waals surface area contributed by atoms with Crippen molar-refractivity contribution >= 4 is 11.6 Å². The first kappa shape index (κ1) is 12.5. The number of aliphatic hydroxyl groups is 1. The highest BCUT2D eigenvalue weighted by atomic mass is 16.3. The number of carbonyl (C=O) groups is 1. The Hall–Kier alpha value is -1.55. The van der Waals surface area contributed by atoms with Crippen molar-refractivity contribution in [1.29, 1.82) is 0 Å². The monoisotopic (exact) mass is 260 g/mol. The fourth-order valence-electron chi connectivity index (χ4n) is 2.72. The van der Waals surface area contributed by atoms with E-state index in [-0.39, 0.29) is 5.91 Å². The Morgan fingerprint density at radius 3 is 2.84 bits per heavy atom. The minimum absolute atomic E-state index is 0.175. The van der Waals surface area contributed by atoms with Crippen molar-refractivity contribution in [1.82, 2.24) is 4.90 Å². The molecule has 1 heterocycles. The van der Waals surface area contributed by atoms with Crippen LogP contribution in [0.25, 0.3) is 0 Å². The highest BCUT2D eigenvalue weighted by molar-refractivity contribution is 5.82. The maximum absolute atomic E-state index is 12.2. The number of aliphatic hydroxyl groups excluding tert-OH is 1. The van der Waals surface area contributed by atoms with Gasteiger partial charge in [0.05, 0.1) is 12.6 Å². The summed E-state index contributed by atoms with van der Waals surface area (Å²) in [7, 11) is 1.89. The van der Waals surface area contributed by atoms with Gasteiger partial charge in [-0.1, -0.05) is 18.2 Å². The molecule has 2 aliphatic rings. The number of amides is 1.